The van der Waals surface area contributed by atoms with E-state index in [0.717, 1.165) is 6.29 Å². The molecule has 0 aliphatic carbocycles. The minimum absolute atomic E-state index is 0.312. The van der Waals surface area contributed by atoms with Gasteiger partial charge in [0.1, 0.15) is 18.1 Å². The Kier molecular flexibility index (Phi) is 5.27. The van der Waals surface area contributed by atoms with Gasteiger partial charge in [-0.15, -0.1) is 0 Å². The summed E-state index contributed by atoms with van der Waals surface area (Å²) < 4.78 is 1.64. The second-order valence-electron chi connectivity index (χ2n) is 7.27. The minimum atomic E-state index is -0.887. The molecule has 1 saturated heterocycles. The number of aldehydes is 1. The number of halogens is 2. The number of fused-ring (bicyclic) bond motifs is 1. The van der Waals surface area contributed by atoms with Crippen LogP contribution in [-0.2, 0) is 4.79 Å². The number of anilines is 1. The Morgan fingerprint density at radius 1 is 1.09 bits per heavy atom. The van der Waals surface area contributed by atoms with Crippen molar-refractivity contribution in [2.24, 2.45) is 4.99 Å². The number of carbonyl (C=O) groups excluding carboxylic acids is 2. The molecule has 0 radical (unpaired) electrons. The van der Waals surface area contributed by atoms with Gasteiger partial charge in [-0.1, -0.05) is 23.2 Å². The largest absolute Gasteiger partial charge is 0.298 e. The Labute approximate surface area is 197 Å². The summed E-state index contributed by atoms with van der Waals surface area (Å²) in [5, 5.41) is 2.17. The SMILES string of the molecule is Cc1ncnc2c1ncn2C1C(=O)N(c2ccc(C=O)cc2)NC1=Nc1ccc(Cl)cc1Cl. The van der Waals surface area contributed by atoms with Gasteiger partial charge in [-0.05, 0) is 49.4 Å². The van der Waals surface area contributed by atoms with Gasteiger partial charge in [0.05, 0.1) is 28.4 Å². The van der Waals surface area contributed by atoms with Gasteiger partial charge in [0.2, 0.25) is 0 Å². The summed E-state index contributed by atoms with van der Waals surface area (Å²) in [6.45, 7) is 1.82. The van der Waals surface area contributed by atoms with Gasteiger partial charge in [-0.2, -0.15) is 0 Å². The molecule has 1 atom stereocenters. The topological polar surface area (TPSA) is 105 Å². The van der Waals surface area contributed by atoms with Crippen LogP contribution < -0.4 is 10.4 Å². The molecule has 1 unspecified atom stereocenters. The smallest absolute Gasteiger partial charge is 0.276 e. The Balaban J connectivity index is 1.65. The third-order valence-corrected chi connectivity index (χ3v) is 5.74. The summed E-state index contributed by atoms with van der Waals surface area (Å²) in [6, 6.07) is 10.6. The standard InChI is InChI=1S/C22H15Cl2N7O2/c1-12-18-21(26-10-25-12)30(11-27-18)19-20(28-17-7-4-14(23)8-16(17)24)29-31(22(19)33)15-5-2-13(9-32)3-6-15/h2-11,19H,1H3,(H,28,29). The van der Waals surface area contributed by atoms with E-state index < -0.39 is 6.04 Å². The first-order valence-electron chi connectivity index (χ1n) is 9.80. The van der Waals surface area contributed by atoms with E-state index >= 15 is 0 Å². The lowest BCUT2D eigenvalue weighted by Gasteiger charge is -2.16. The maximum atomic E-state index is 13.6. The van der Waals surface area contributed by atoms with Crippen LogP contribution in [0.15, 0.2) is 60.1 Å². The fourth-order valence-electron chi connectivity index (χ4n) is 3.56. The average Bonchev–Trinajstić information content (AvgIpc) is 3.37. The highest BCUT2D eigenvalue weighted by Gasteiger charge is 2.41. The summed E-state index contributed by atoms with van der Waals surface area (Å²) in [4.78, 5) is 42.1. The maximum Gasteiger partial charge on any atom is 0.276 e. The second kappa shape index (κ2) is 8.27. The zero-order chi connectivity index (χ0) is 23.1. The molecular weight excluding hydrogens is 465 g/mol. The van der Waals surface area contributed by atoms with Crippen LogP contribution in [0.5, 0.6) is 0 Å². The second-order valence-corrected chi connectivity index (χ2v) is 8.12. The predicted octanol–water partition coefficient (Wildman–Crippen LogP) is 4.08. The van der Waals surface area contributed by atoms with Gasteiger partial charge >= 0.3 is 0 Å². The van der Waals surface area contributed by atoms with Crippen LogP contribution in [0.4, 0.5) is 11.4 Å². The molecule has 1 N–H and O–H groups in total. The predicted molar refractivity (Wildman–Crippen MR) is 125 cm³/mol. The van der Waals surface area contributed by atoms with Gasteiger partial charge < -0.3 is 0 Å². The number of nitrogens with zero attached hydrogens (tertiary/aromatic N) is 6. The third-order valence-electron chi connectivity index (χ3n) is 5.20. The fourth-order valence-corrected chi connectivity index (χ4v) is 4.01. The van der Waals surface area contributed by atoms with Crippen molar-refractivity contribution in [1.29, 1.82) is 0 Å². The van der Waals surface area contributed by atoms with Crippen molar-refractivity contribution in [3.63, 3.8) is 0 Å². The summed E-state index contributed by atoms with van der Waals surface area (Å²) in [6.07, 6.45) is 3.70. The molecule has 9 nitrogen and oxygen atoms in total. The van der Waals surface area contributed by atoms with Crippen LogP contribution in [0.25, 0.3) is 11.2 Å². The van der Waals surface area contributed by atoms with Crippen molar-refractivity contribution in [2.45, 2.75) is 13.0 Å². The number of imidazole rings is 1. The first-order valence-corrected chi connectivity index (χ1v) is 10.6. The molecule has 2 aromatic carbocycles. The number of hydrazine groups is 1. The fraction of sp³-hybridized carbons (Fsp3) is 0.0909. The molecule has 1 aliphatic rings. The Morgan fingerprint density at radius 3 is 2.61 bits per heavy atom. The van der Waals surface area contributed by atoms with E-state index in [2.05, 4.69) is 25.4 Å². The summed E-state index contributed by atoms with van der Waals surface area (Å²) in [5.41, 5.74) is 6.32. The number of carbonyl (C=O) groups is 2. The van der Waals surface area contributed by atoms with Crippen molar-refractivity contribution >= 4 is 63.8 Å². The van der Waals surface area contributed by atoms with E-state index in [1.165, 1.54) is 17.7 Å². The molecule has 5 rings (SSSR count). The van der Waals surface area contributed by atoms with Crippen molar-refractivity contribution in [1.82, 2.24) is 24.9 Å². The Bertz CT molecular complexity index is 1430. The number of aryl methyl sites for hydroxylation is 1. The van der Waals surface area contributed by atoms with Crippen LogP contribution in [0, 0.1) is 6.92 Å². The lowest BCUT2D eigenvalue weighted by molar-refractivity contribution is -0.119. The molecular formula is C22H15Cl2N7O2. The Morgan fingerprint density at radius 2 is 1.88 bits per heavy atom. The van der Waals surface area contributed by atoms with Crippen molar-refractivity contribution < 1.29 is 9.59 Å². The van der Waals surface area contributed by atoms with E-state index in [4.69, 9.17) is 23.2 Å². The van der Waals surface area contributed by atoms with Crippen molar-refractivity contribution in [3.05, 3.63) is 76.4 Å². The number of aliphatic imine (C=N–C) groups is 1. The normalized spacial score (nSPS) is 17.1. The monoisotopic (exact) mass is 479 g/mol. The average molecular weight is 480 g/mol. The van der Waals surface area contributed by atoms with E-state index in [1.807, 2.05) is 6.92 Å². The van der Waals surface area contributed by atoms with Gasteiger partial charge in [0, 0.05) is 10.6 Å². The molecule has 0 saturated carbocycles. The van der Waals surface area contributed by atoms with E-state index in [1.54, 1.807) is 47.0 Å². The molecule has 1 aliphatic heterocycles. The lowest BCUT2D eigenvalue weighted by Crippen LogP contribution is -2.35. The van der Waals surface area contributed by atoms with E-state index in [-0.39, 0.29) is 5.91 Å². The van der Waals surface area contributed by atoms with Gasteiger partial charge in [0.15, 0.2) is 17.5 Å². The third kappa shape index (κ3) is 3.71. The maximum absolute atomic E-state index is 13.6. The van der Waals surface area contributed by atoms with Gasteiger partial charge in [-0.25, -0.2) is 25.0 Å². The molecule has 0 bridgehead atoms. The number of hydrogen-bond acceptors (Lipinski definition) is 6. The molecule has 3 heterocycles. The summed E-state index contributed by atoms with van der Waals surface area (Å²) in [5.74, 6) is 0.00695. The zero-order valence-electron chi connectivity index (χ0n) is 17.1. The highest BCUT2D eigenvalue weighted by atomic mass is 35.5. The first kappa shape index (κ1) is 21.0. The lowest BCUT2D eigenvalue weighted by atomic mass is 10.2. The molecule has 2 aromatic heterocycles. The quantitative estimate of drug-likeness (QED) is 0.442. The number of rotatable bonds is 4. The number of amidine groups is 1. The molecule has 1 amide bonds. The number of amides is 1. The van der Waals surface area contributed by atoms with Crippen molar-refractivity contribution in [3.8, 4) is 0 Å². The summed E-state index contributed by atoms with van der Waals surface area (Å²) in [7, 11) is 0. The number of hydrogen-bond donors (Lipinski definition) is 1. The highest BCUT2D eigenvalue weighted by Crippen LogP contribution is 2.32. The van der Waals surface area contributed by atoms with E-state index in [0.29, 0.717) is 49.7 Å². The molecule has 4 aromatic rings. The van der Waals surface area contributed by atoms with Crippen molar-refractivity contribution in [2.75, 3.05) is 5.01 Å². The van der Waals surface area contributed by atoms with Crippen LogP contribution >= 0.6 is 23.2 Å². The van der Waals surface area contributed by atoms with E-state index in [9.17, 15) is 9.59 Å². The number of aromatic nitrogens is 4. The summed E-state index contributed by atoms with van der Waals surface area (Å²) >= 11 is 12.3. The molecule has 1 fully saturated rings. The Hall–Kier alpha value is -3.82. The highest BCUT2D eigenvalue weighted by molar-refractivity contribution is 6.36. The number of nitrogens with one attached hydrogen (secondary N) is 1. The van der Waals surface area contributed by atoms with Gasteiger partial charge in [-0.3, -0.25) is 19.6 Å². The first-order chi connectivity index (χ1) is 16.0. The van der Waals surface area contributed by atoms with Crippen LogP contribution in [0.1, 0.15) is 22.1 Å². The molecule has 164 valence electrons. The van der Waals surface area contributed by atoms with Crippen LogP contribution in [-0.4, -0.2) is 37.5 Å². The molecule has 11 heteroatoms. The number of benzene rings is 2. The minimum Gasteiger partial charge on any atom is -0.298 e. The van der Waals surface area contributed by atoms with Crippen LogP contribution in [0.3, 0.4) is 0 Å². The molecule has 33 heavy (non-hydrogen) atoms. The zero-order valence-corrected chi connectivity index (χ0v) is 18.6. The van der Waals surface area contributed by atoms with Gasteiger partial charge in [0.25, 0.3) is 5.91 Å². The van der Waals surface area contributed by atoms with Crippen LogP contribution in [0.2, 0.25) is 10.0 Å². The molecule has 0 spiro atoms.